The summed E-state index contributed by atoms with van der Waals surface area (Å²) in [5.41, 5.74) is 0. The second-order valence-electron chi connectivity index (χ2n) is 4.78. The second kappa shape index (κ2) is 5.13. The standard InChI is InChI=1S/C12H23NO/c1-2-3-4-5-8-13-9-11-6-7-12(10-13)14-11/h11-12H,2-10H2,1H3. The van der Waals surface area contributed by atoms with E-state index in [1.54, 1.807) is 0 Å². The van der Waals surface area contributed by atoms with Gasteiger partial charge in [-0.25, -0.2) is 0 Å². The number of ether oxygens (including phenoxy) is 1. The fourth-order valence-corrected chi connectivity index (χ4v) is 2.64. The Labute approximate surface area is 87.6 Å². The van der Waals surface area contributed by atoms with Crippen molar-refractivity contribution in [2.75, 3.05) is 19.6 Å². The molecule has 2 bridgehead atoms. The lowest BCUT2D eigenvalue weighted by Gasteiger charge is -2.31. The molecular weight excluding hydrogens is 174 g/mol. The molecule has 2 heterocycles. The molecular formula is C12H23NO. The third kappa shape index (κ3) is 2.71. The topological polar surface area (TPSA) is 12.5 Å². The average molecular weight is 197 g/mol. The first-order valence-electron chi connectivity index (χ1n) is 6.26. The van der Waals surface area contributed by atoms with E-state index in [-0.39, 0.29) is 0 Å². The molecule has 0 radical (unpaired) electrons. The van der Waals surface area contributed by atoms with Crippen molar-refractivity contribution in [3.63, 3.8) is 0 Å². The Hall–Kier alpha value is -0.0800. The lowest BCUT2D eigenvalue weighted by atomic mass is 10.2. The first kappa shape index (κ1) is 10.4. The monoisotopic (exact) mass is 197 g/mol. The predicted molar refractivity (Wildman–Crippen MR) is 58.5 cm³/mol. The van der Waals surface area contributed by atoms with E-state index in [0.29, 0.717) is 12.2 Å². The summed E-state index contributed by atoms with van der Waals surface area (Å²) in [6, 6.07) is 0. The molecule has 2 aliphatic rings. The highest BCUT2D eigenvalue weighted by Gasteiger charge is 2.32. The van der Waals surface area contributed by atoms with Gasteiger partial charge in [-0.1, -0.05) is 26.2 Å². The van der Waals surface area contributed by atoms with Crippen LogP contribution in [0, 0.1) is 0 Å². The molecule has 0 aromatic carbocycles. The number of rotatable bonds is 5. The van der Waals surface area contributed by atoms with E-state index in [2.05, 4.69) is 11.8 Å². The van der Waals surface area contributed by atoms with E-state index >= 15 is 0 Å². The molecule has 2 fully saturated rings. The van der Waals surface area contributed by atoms with Gasteiger partial charge < -0.3 is 4.74 Å². The number of fused-ring (bicyclic) bond motifs is 2. The summed E-state index contributed by atoms with van der Waals surface area (Å²) in [6.45, 7) is 5.97. The van der Waals surface area contributed by atoms with Crippen molar-refractivity contribution >= 4 is 0 Å². The summed E-state index contributed by atoms with van der Waals surface area (Å²) in [5, 5.41) is 0. The maximum atomic E-state index is 5.81. The van der Waals surface area contributed by atoms with Crippen LogP contribution < -0.4 is 0 Å². The molecule has 0 N–H and O–H groups in total. The molecule has 2 aliphatic heterocycles. The van der Waals surface area contributed by atoms with E-state index in [0.717, 1.165) is 0 Å². The van der Waals surface area contributed by atoms with Gasteiger partial charge in [-0.2, -0.15) is 0 Å². The van der Waals surface area contributed by atoms with Gasteiger partial charge in [0, 0.05) is 13.1 Å². The zero-order valence-corrected chi connectivity index (χ0v) is 9.37. The molecule has 0 spiro atoms. The summed E-state index contributed by atoms with van der Waals surface area (Å²) < 4.78 is 5.81. The normalized spacial score (nSPS) is 32.4. The quantitative estimate of drug-likeness (QED) is 0.628. The third-order valence-electron chi connectivity index (χ3n) is 3.45. The molecule has 0 aromatic rings. The fraction of sp³-hybridized carbons (Fsp3) is 1.00. The van der Waals surface area contributed by atoms with Crippen molar-refractivity contribution in [3.8, 4) is 0 Å². The van der Waals surface area contributed by atoms with Crippen molar-refractivity contribution in [1.82, 2.24) is 4.90 Å². The molecule has 2 rings (SSSR count). The highest BCUT2D eigenvalue weighted by Crippen LogP contribution is 2.26. The minimum absolute atomic E-state index is 0.569. The maximum absolute atomic E-state index is 5.81. The van der Waals surface area contributed by atoms with E-state index < -0.39 is 0 Å². The van der Waals surface area contributed by atoms with Crippen LogP contribution in [-0.4, -0.2) is 36.7 Å². The number of nitrogens with zero attached hydrogens (tertiary/aromatic N) is 1. The van der Waals surface area contributed by atoms with E-state index in [4.69, 9.17) is 4.74 Å². The SMILES string of the molecule is CCCCCCN1CC2CCC(C1)O2. The largest absolute Gasteiger partial charge is 0.372 e. The van der Waals surface area contributed by atoms with Gasteiger partial charge in [-0.3, -0.25) is 4.90 Å². The van der Waals surface area contributed by atoms with Crippen LogP contribution in [0.4, 0.5) is 0 Å². The van der Waals surface area contributed by atoms with Gasteiger partial charge in [0.2, 0.25) is 0 Å². The lowest BCUT2D eigenvalue weighted by Crippen LogP contribution is -2.42. The molecule has 14 heavy (non-hydrogen) atoms. The number of hydrogen-bond acceptors (Lipinski definition) is 2. The zero-order valence-electron chi connectivity index (χ0n) is 9.37. The summed E-state index contributed by atoms with van der Waals surface area (Å²) in [7, 11) is 0. The van der Waals surface area contributed by atoms with Gasteiger partial charge in [-0.05, 0) is 25.8 Å². The molecule has 2 atom stereocenters. The Morgan fingerprint density at radius 2 is 1.79 bits per heavy atom. The molecule has 2 unspecified atom stereocenters. The van der Waals surface area contributed by atoms with E-state index in [1.807, 2.05) is 0 Å². The maximum Gasteiger partial charge on any atom is 0.0707 e. The highest BCUT2D eigenvalue weighted by molar-refractivity contribution is 4.84. The van der Waals surface area contributed by atoms with Gasteiger partial charge in [0.1, 0.15) is 0 Å². The Balaban J connectivity index is 1.62. The van der Waals surface area contributed by atoms with Gasteiger partial charge in [-0.15, -0.1) is 0 Å². The fourth-order valence-electron chi connectivity index (χ4n) is 2.64. The van der Waals surface area contributed by atoms with Crippen LogP contribution >= 0.6 is 0 Å². The minimum atomic E-state index is 0.569. The van der Waals surface area contributed by atoms with Gasteiger partial charge in [0.25, 0.3) is 0 Å². The van der Waals surface area contributed by atoms with E-state index in [9.17, 15) is 0 Å². The summed E-state index contributed by atoms with van der Waals surface area (Å²) in [5.74, 6) is 0. The van der Waals surface area contributed by atoms with Crippen molar-refractivity contribution in [3.05, 3.63) is 0 Å². The van der Waals surface area contributed by atoms with Gasteiger partial charge in [0.15, 0.2) is 0 Å². The van der Waals surface area contributed by atoms with Crippen LogP contribution in [0.25, 0.3) is 0 Å². The van der Waals surface area contributed by atoms with Crippen LogP contribution in [0.5, 0.6) is 0 Å². The van der Waals surface area contributed by atoms with Crippen LogP contribution in [0.2, 0.25) is 0 Å². The molecule has 0 aliphatic carbocycles. The minimum Gasteiger partial charge on any atom is -0.372 e. The van der Waals surface area contributed by atoms with Crippen molar-refractivity contribution in [2.24, 2.45) is 0 Å². The van der Waals surface area contributed by atoms with Crippen molar-refractivity contribution in [2.45, 2.75) is 57.7 Å². The predicted octanol–water partition coefficient (Wildman–Crippen LogP) is 2.43. The smallest absolute Gasteiger partial charge is 0.0707 e. The lowest BCUT2D eigenvalue weighted by molar-refractivity contribution is -0.0385. The zero-order chi connectivity index (χ0) is 9.80. The first-order valence-corrected chi connectivity index (χ1v) is 6.26. The van der Waals surface area contributed by atoms with Crippen LogP contribution in [0.1, 0.15) is 45.4 Å². The first-order chi connectivity index (χ1) is 6.88. The van der Waals surface area contributed by atoms with Crippen molar-refractivity contribution in [1.29, 1.82) is 0 Å². The molecule has 82 valence electrons. The number of likely N-dealkylation sites (tertiary alicyclic amines) is 1. The Morgan fingerprint density at radius 1 is 1.07 bits per heavy atom. The summed E-state index contributed by atoms with van der Waals surface area (Å²) >= 11 is 0. The Bertz CT molecular complexity index is 160. The Kier molecular flexibility index (Phi) is 3.82. The van der Waals surface area contributed by atoms with Crippen molar-refractivity contribution < 1.29 is 4.74 Å². The Morgan fingerprint density at radius 3 is 2.43 bits per heavy atom. The number of unbranched alkanes of at least 4 members (excludes halogenated alkanes) is 3. The molecule has 2 heteroatoms. The second-order valence-corrected chi connectivity index (χ2v) is 4.78. The van der Waals surface area contributed by atoms with Gasteiger partial charge in [0.05, 0.1) is 12.2 Å². The van der Waals surface area contributed by atoms with E-state index in [1.165, 1.54) is 58.2 Å². The van der Waals surface area contributed by atoms with Crippen LogP contribution in [-0.2, 0) is 4.74 Å². The molecule has 2 nitrogen and oxygen atoms in total. The average Bonchev–Trinajstić information content (AvgIpc) is 2.53. The van der Waals surface area contributed by atoms with Gasteiger partial charge >= 0.3 is 0 Å². The molecule has 0 amide bonds. The third-order valence-corrected chi connectivity index (χ3v) is 3.45. The molecule has 0 saturated carbocycles. The molecule has 0 aromatic heterocycles. The van der Waals surface area contributed by atoms with Crippen LogP contribution in [0.3, 0.4) is 0 Å². The summed E-state index contributed by atoms with van der Waals surface area (Å²) in [6.07, 6.45) is 9.27. The summed E-state index contributed by atoms with van der Waals surface area (Å²) in [4.78, 5) is 2.61. The van der Waals surface area contributed by atoms with Crippen LogP contribution in [0.15, 0.2) is 0 Å². The highest BCUT2D eigenvalue weighted by atomic mass is 16.5. The molecule has 2 saturated heterocycles. The number of morpholine rings is 1. The number of hydrogen-bond donors (Lipinski definition) is 0.